The van der Waals surface area contributed by atoms with E-state index in [1.807, 2.05) is 13.1 Å². The van der Waals surface area contributed by atoms with Gasteiger partial charge in [-0.1, -0.05) is 12.1 Å². The number of nitrogens with one attached hydrogen (secondary N) is 1. The summed E-state index contributed by atoms with van der Waals surface area (Å²) in [6.07, 6.45) is 3.51. The minimum Gasteiger partial charge on any atom is -0.506 e. The van der Waals surface area contributed by atoms with Crippen LogP contribution >= 0.6 is 0 Å². The number of aromatic amines is 1. The van der Waals surface area contributed by atoms with Gasteiger partial charge >= 0.3 is 0 Å². The first-order valence-corrected chi connectivity index (χ1v) is 6.06. The van der Waals surface area contributed by atoms with E-state index >= 15 is 0 Å². The predicted molar refractivity (Wildman–Crippen MR) is 61.2 cm³/mol. The molecule has 1 heterocycles. The van der Waals surface area contributed by atoms with E-state index in [0.717, 1.165) is 11.8 Å². The monoisotopic (exact) mass is 256 g/mol. The van der Waals surface area contributed by atoms with Crippen molar-refractivity contribution >= 4 is 10.1 Å². The summed E-state index contributed by atoms with van der Waals surface area (Å²) in [5.74, 6) is -0.449. The Morgan fingerprint density at radius 2 is 1.94 bits per heavy atom. The Morgan fingerprint density at radius 1 is 1.29 bits per heavy atom. The van der Waals surface area contributed by atoms with Crippen LogP contribution in [0.1, 0.15) is 5.69 Å². The van der Waals surface area contributed by atoms with Gasteiger partial charge in [0, 0.05) is 6.20 Å². The molecule has 0 saturated carbocycles. The summed E-state index contributed by atoms with van der Waals surface area (Å²) in [5.41, 5.74) is 1.04. The molecule has 0 saturated heterocycles. The van der Waals surface area contributed by atoms with Gasteiger partial charge in [0.25, 0.3) is 10.1 Å². The molecule has 2 rings (SSSR count). The highest BCUT2D eigenvalue weighted by Crippen LogP contribution is 2.20. The van der Waals surface area contributed by atoms with Gasteiger partial charge < -0.3 is 10.1 Å². The molecule has 0 unspecified atom stereocenters. The highest BCUT2D eigenvalue weighted by Gasteiger charge is 2.12. The smallest absolute Gasteiger partial charge is 0.298 e. The normalized spacial score (nSPS) is 10.5. The molecular formula is C10H12N2O4S. The fourth-order valence-electron chi connectivity index (χ4n) is 1.01. The SMILES string of the molecule is Cc1c[nH]cn1.O=S(=O)(O)c1ccccc1O. The molecule has 1 aromatic carbocycles. The van der Waals surface area contributed by atoms with E-state index in [4.69, 9.17) is 9.66 Å². The fourth-order valence-corrected chi connectivity index (χ4v) is 1.59. The van der Waals surface area contributed by atoms with Crippen LogP contribution in [0.25, 0.3) is 0 Å². The molecule has 0 radical (unpaired) electrons. The van der Waals surface area contributed by atoms with E-state index < -0.39 is 20.8 Å². The van der Waals surface area contributed by atoms with Crippen LogP contribution in [-0.2, 0) is 10.1 Å². The number of aromatic hydroxyl groups is 1. The maximum atomic E-state index is 10.4. The molecule has 0 aliphatic heterocycles. The number of aryl methyl sites for hydroxylation is 1. The van der Waals surface area contributed by atoms with Crippen molar-refractivity contribution in [1.82, 2.24) is 9.97 Å². The molecule has 0 spiro atoms. The van der Waals surface area contributed by atoms with Gasteiger partial charge in [-0.15, -0.1) is 0 Å². The van der Waals surface area contributed by atoms with Crippen molar-refractivity contribution in [2.24, 2.45) is 0 Å². The summed E-state index contributed by atoms with van der Waals surface area (Å²) in [4.78, 5) is 6.21. The lowest BCUT2D eigenvalue weighted by Crippen LogP contribution is -1.97. The van der Waals surface area contributed by atoms with Crippen molar-refractivity contribution < 1.29 is 18.1 Å². The molecule has 17 heavy (non-hydrogen) atoms. The quantitative estimate of drug-likeness (QED) is 0.668. The topological polar surface area (TPSA) is 103 Å². The van der Waals surface area contributed by atoms with Crippen LogP contribution in [0.3, 0.4) is 0 Å². The van der Waals surface area contributed by atoms with Gasteiger partial charge in [-0.2, -0.15) is 8.42 Å². The number of hydrogen-bond donors (Lipinski definition) is 3. The molecule has 0 atom stereocenters. The largest absolute Gasteiger partial charge is 0.506 e. The second kappa shape index (κ2) is 5.46. The van der Waals surface area contributed by atoms with Crippen LogP contribution in [0.5, 0.6) is 5.75 Å². The summed E-state index contributed by atoms with van der Waals surface area (Å²) < 4.78 is 29.4. The second-order valence-corrected chi connectivity index (χ2v) is 4.54. The fraction of sp³-hybridized carbons (Fsp3) is 0.100. The third kappa shape index (κ3) is 4.25. The van der Waals surface area contributed by atoms with Crippen LogP contribution in [0.2, 0.25) is 0 Å². The van der Waals surface area contributed by atoms with Crippen molar-refractivity contribution in [1.29, 1.82) is 0 Å². The number of hydrogen-bond acceptors (Lipinski definition) is 4. The van der Waals surface area contributed by atoms with Crippen molar-refractivity contribution in [3.63, 3.8) is 0 Å². The minimum atomic E-state index is -4.28. The van der Waals surface area contributed by atoms with Crippen LogP contribution < -0.4 is 0 Å². The average Bonchev–Trinajstić information content (AvgIpc) is 2.69. The number of benzene rings is 1. The van der Waals surface area contributed by atoms with Gasteiger partial charge in [0.05, 0.1) is 12.0 Å². The van der Waals surface area contributed by atoms with Crippen molar-refractivity contribution in [2.45, 2.75) is 11.8 Å². The minimum absolute atomic E-state index is 0.449. The van der Waals surface area contributed by atoms with Gasteiger partial charge in [0.15, 0.2) is 0 Å². The third-order valence-corrected chi connectivity index (χ3v) is 2.68. The first-order chi connectivity index (χ1) is 7.91. The summed E-state index contributed by atoms with van der Waals surface area (Å²) >= 11 is 0. The van der Waals surface area contributed by atoms with E-state index in [1.54, 1.807) is 6.33 Å². The average molecular weight is 256 g/mol. The lowest BCUT2D eigenvalue weighted by atomic mass is 10.3. The lowest BCUT2D eigenvalue weighted by molar-refractivity contribution is 0.443. The zero-order valence-electron chi connectivity index (χ0n) is 9.03. The second-order valence-electron chi connectivity index (χ2n) is 3.15. The number of rotatable bonds is 1. The maximum absolute atomic E-state index is 10.4. The summed E-state index contributed by atoms with van der Waals surface area (Å²) in [7, 11) is -4.28. The standard InChI is InChI=1S/C6H6O4S.C4H6N2/c7-5-3-1-2-4-6(5)11(8,9)10;1-4-2-5-3-6-4/h1-4,7H,(H,8,9,10);2-3H,1H3,(H,5,6). The van der Waals surface area contributed by atoms with Gasteiger partial charge in [-0.25, -0.2) is 4.98 Å². The van der Waals surface area contributed by atoms with E-state index in [-0.39, 0.29) is 0 Å². The van der Waals surface area contributed by atoms with Gasteiger partial charge in [-0.05, 0) is 19.1 Å². The van der Waals surface area contributed by atoms with Gasteiger partial charge in [0.2, 0.25) is 0 Å². The Bertz CT molecular complexity index is 564. The molecule has 0 fully saturated rings. The Labute approximate surface area is 98.7 Å². The van der Waals surface area contributed by atoms with Crippen LogP contribution in [0, 0.1) is 6.92 Å². The highest BCUT2D eigenvalue weighted by atomic mass is 32.2. The Hall–Kier alpha value is -1.86. The Kier molecular flexibility index (Phi) is 4.24. The van der Waals surface area contributed by atoms with Crippen LogP contribution in [0.4, 0.5) is 0 Å². The molecule has 0 aliphatic carbocycles. The third-order valence-electron chi connectivity index (χ3n) is 1.78. The number of imidazole rings is 1. The van der Waals surface area contributed by atoms with E-state index in [0.29, 0.717) is 0 Å². The molecule has 0 amide bonds. The first kappa shape index (κ1) is 13.2. The van der Waals surface area contributed by atoms with E-state index in [2.05, 4.69) is 9.97 Å². The van der Waals surface area contributed by atoms with Crippen molar-refractivity contribution in [3.8, 4) is 5.75 Å². The zero-order chi connectivity index (χ0) is 12.9. The van der Waals surface area contributed by atoms with Crippen molar-refractivity contribution in [3.05, 3.63) is 42.5 Å². The molecule has 0 aliphatic rings. The molecule has 1 aromatic heterocycles. The Balaban J connectivity index is 0.000000202. The predicted octanol–water partition coefficient (Wildman–Crippen LogP) is 1.36. The van der Waals surface area contributed by atoms with Gasteiger partial charge in [-0.3, -0.25) is 4.55 Å². The summed E-state index contributed by atoms with van der Waals surface area (Å²) in [5, 5.41) is 8.91. The van der Waals surface area contributed by atoms with Crippen LogP contribution in [-0.4, -0.2) is 28.0 Å². The van der Waals surface area contributed by atoms with Gasteiger partial charge in [0.1, 0.15) is 10.6 Å². The Morgan fingerprint density at radius 3 is 2.24 bits per heavy atom. The zero-order valence-corrected chi connectivity index (χ0v) is 9.85. The maximum Gasteiger partial charge on any atom is 0.298 e. The van der Waals surface area contributed by atoms with Crippen molar-refractivity contribution in [2.75, 3.05) is 0 Å². The number of para-hydroxylation sites is 1. The first-order valence-electron chi connectivity index (χ1n) is 4.62. The number of H-pyrrole nitrogens is 1. The van der Waals surface area contributed by atoms with E-state index in [1.165, 1.54) is 18.2 Å². The van der Waals surface area contributed by atoms with E-state index in [9.17, 15) is 8.42 Å². The number of phenolic OH excluding ortho intramolecular Hbond substituents is 1. The molecule has 6 nitrogen and oxygen atoms in total. The molecule has 0 bridgehead atoms. The summed E-state index contributed by atoms with van der Waals surface area (Å²) in [6.45, 7) is 1.94. The molecular weight excluding hydrogens is 244 g/mol. The summed E-state index contributed by atoms with van der Waals surface area (Å²) in [6, 6.07) is 5.17. The highest BCUT2D eigenvalue weighted by molar-refractivity contribution is 7.86. The lowest BCUT2D eigenvalue weighted by Gasteiger charge is -1.97. The molecule has 7 heteroatoms. The molecule has 3 N–H and O–H groups in total. The van der Waals surface area contributed by atoms with Crippen LogP contribution in [0.15, 0.2) is 41.7 Å². The molecule has 92 valence electrons. The number of aromatic nitrogens is 2. The number of phenols is 1. The molecule has 2 aromatic rings. The number of nitrogens with zero attached hydrogens (tertiary/aromatic N) is 1.